The predicted octanol–water partition coefficient (Wildman–Crippen LogP) is -0.284. The minimum absolute atomic E-state index is 0.00877. The molecule has 16 heavy (non-hydrogen) atoms. The van der Waals surface area contributed by atoms with E-state index in [1.165, 1.54) is 6.20 Å². The summed E-state index contributed by atoms with van der Waals surface area (Å²) in [5.41, 5.74) is 2.32. The quantitative estimate of drug-likeness (QED) is 0.429. The number of rotatable bonds is 3. The molecule has 1 amide bonds. The van der Waals surface area contributed by atoms with Gasteiger partial charge in [-0.05, 0) is 0 Å². The molecule has 1 aliphatic rings. The van der Waals surface area contributed by atoms with E-state index in [0.717, 1.165) is 0 Å². The fourth-order valence-electron chi connectivity index (χ4n) is 1.44. The third-order valence-corrected chi connectivity index (χ3v) is 2.47. The van der Waals surface area contributed by atoms with Crippen LogP contribution < -0.4 is 21.9 Å². The van der Waals surface area contributed by atoms with Crippen molar-refractivity contribution in [3.05, 3.63) is 11.2 Å². The number of aromatic nitrogens is 2. The van der Waals surface area contributed by atoms with Crippen LogP contribution in [0.4, 0.5) is 11.8 Å². The molecule has 0 bridgehead atoms. The fraction of sp³-hybridized carbons (Fsp3) is 0.375. The summed E-state index contributed by atoms with van der Waals surface area (Å²) in [6.45, 7) is 0.560. The average Bonchev–Trinajstić information content (AvgIpc) is 2.67. The average molecular weight is 243 g/mol. The highest BCUT2D eigenvalue weighted by molar-refractivity contribution is 6.32. The highest BCUT2D eigenvalue weighted by atomic mass is 35.5. The molecule has 8 heteroatoms. The number of hydrogen-bond acceptors (Lipinski definition) is 6. The first-order chi connectivity index (χ1) is 7.69. The van der Waals surface area contributed by atoms with Crippen molar-refractivity contribution in [2.24, 2.45) is 5.84 Å². The molecule has 2 rings (SSSR count). The molecule has 2 heterocycles. The molecule has 1 atom stereocenters. The van der Waals surface area contributed by atoms with E-state index in [4.69, 9.17) is 17.4 Å². The van der Waals surface area contributed by atoms with E-state index in [1.807, 2.05) is 0 Å². The summed E-state index contributed by atoms with van der Waals surface area (Å²) < 4.78 is 0. The molecular weight excluding hydrogens is 232 g/mol. The molecule has 1 aromatic rings. The van der Waals surface area contributed by atoms with Crippen molar-refractivity contribution in [3.8, 4) is 0 Å². The van der Waals surface area contributed by atoms with Crippen molar-refractivity contribution in [1.82, 2.24) is 15.3 Å². The van der Waals surface area contributed by atoms with Gasteiger partial charge in [-0.3, -0.25) is 10.2 Å². The van der Waals surface area contributed by atoms with Crippen molar-refractivity contribution in [3.63, 3.8) is 0 Å². The Labute approximate surface area is 96.7 Å². The Kier molecular flexibility index (Phi) is 3.07. The molecule has 86 valence electrons. The number of nitrogens with zero attached hydrogens (tertiary/aromatic N) is 2. The maximum atomic E-state index is 11.0. The largest absolute Gasteiger partial charge is 0.364 e. The maximum absolute atomic E-state index is 11.0. The van der Waals surface area contributed by atoms with E-state index in [9.17, 15) is 4.79 Å². The van der Waals surface area contributed by atoms with Crippen LogP contribution in [0.25, 0.3) is 0 Å². The van der Waals surface area contributed by atoms with E-state index in [0.29, 0.717) is 23.8 Å². The highest BCUT2D eigenvalue weighted by Gasteiger charge is 2.22. The molecule has 0 radical (unpaired) electrons. The zero-order valence-corrected chi connectivity index (χ0v) is 9.08. The van der Waals surface area contributed by atoms with Gasteiger partial charge in [-0.15, -0.1) is 0 Å². The smallest absolute Gasteiger partial charge is 0.239 e. The molecule has 1 fully saturated rings. The van der Waals surface area contributed by atoms with Crippen LogP contribution in [-0.2, 0) is 4.79 Å². The number of hydrogen-bond donors (Lipinski definition) is 4. The molecule has 0 aromatic carbocycles. The maximum Gasteiger partial charge on any atom is 0.239 e. The van der Waals surface area contributed by atoms with Gasteiger partial charge < -0.3 is 10.6 Å². The van der Waals surface area contributed by atoms with Crippen molar-refractivity contribution in [2.75, 3.05) is 17.3 Å². The van der Waals surface area contributed by atoms with Gasteiger partial charge in [0, 0.05) is 13.0 Å². The Morgan fingerprint density at radius 3 is 3.06 bits per heavy atom. The van der Waals surface area contributed by atoms with E-state index in [1.54, 1.807) is 0 Å². The van der Waals surface area contributed by atoms with Gasteiger partial charge in [-0.2, -0.15) is 4.98 Å². The Balaban J connectivity index is 2.11. The summed E-state index contributed by atoms with van der Waals surface area (Å²) >= 11 is 5.91. The monoisotopic (exact) mass is 242 g/mol. The Morgan fingerprint density at radius 2 is 2.44 bits per heavy atom. The topological polar surface area (TPSA) is 105 Å². The van der Waals surface area contributed by atoms with Gasteiger partial charge in [-0.1, -0.05) is 11.6 Å². The minimum Gasteiger partial charge on any atom is -0.364 e. The van der Waals surface area contributed by atoms with Gasteiger partial charge in [-0.25, -0.2) is 10.8 Å². The molecule has 0 spiro atoms. The van der Waals surface area contributed by atoms with E-state index in [-0.39, 0.29) is 17.9 Å². The third kappa shape index (κ3) is 2.31. The van der Waals surface area contributed by atoms with Crippen LogP contribution >= 0.6 is 11.6 Å². The lowest BCUT2D eigenvalue weighted by atomic mass is 10.2. The van der Waals surface area contributed by atoms with Gasteiger partial charge in [0.15, 0.2) is 5.82 Å². The van der Waals surface area contributed by atoms with Crippen LogP contribution in [0, 0.1) is 0 Å². The van der Waals surface area contributed by atoms with Gasteiger partial charge in [0.25, 0.3) is 0 Å². The summed E-state index contributed by atoms with van der Waals surface area (Å²) in [5, 5.41) is 6.15. The fourth-order valence-corrected chi connectivity index (χ4v) is 1.58. The molecule has 0 aliphatic carbocycles. The molecule has 1 aromatic heterocycles. The lowest BCUT2D eigenvalue weighted by molar-refractivity contribution is -0.119. The number of nitrogen functional groups attached to an aromatic ring is 1. The molecule has 1 aliphatic heterocycles. The van der Waals surface area contributed by atoms with Gasteiger partial charge >= 0.3 is 0 Å². The van der Waals surface area contributed by atoms with Gasteiger partial charge in [0.05, 0.1) is 12.2 Å². The van der Waals surface area contributed by atoms with Crippen LogP contribution in [-0.4, -0.2) is 28.5 Å². The highest BCUT2D eigenvalue weighted by Crippen LogP contribution is 2.21. The first kappa shape index (κ1) is 10.9. The second-order valence-electron chi connectivity index (χ2n) is 3.38. The number of halogens is 1. The minimum atomic E-state index is -0.00877. The Morgan fingerprint density at radius 1 is 1.62 bits per heavy atom. The van der Waals surface area contributed by atoms with Crippen LogP contribution in [0.1, 0.15) is 6.42 Å². The van der Waals surface area contributed by atoms with E-state index < -0.39 is 0 Å². The summed E-state index contributed by atoms with van der Waals surface area (Å²) in [4.78, 5) is 18.9. The lowest BCUT2D eigenvalue weighted by Crippen LogP contribution is -2.23. The number of hydrazine groups is 1. The number of amides is 1. The molecule has 5 N–H and O–H groups in total. The number of anilines is 2. The van der Waals surface area contributed by atoms with Crippen molar-refractivity contribution >= 4 is 29.3 Å². The molecule has 1 unspecified atom stereocenters. The summed E-state index contributed by atoms with van der Waals surface area (Å²) in [7, 11) is 0. The number of nitrogens with two attached hydrogens (primary N) is 1. The second-order valence-corrected chi connectivity index (χ2v) is 3.79. The first-order valence-corrected chi connectivity index (χ1v) is 5.09. The summed E-state index contributed by atoms with van der Waals surface area (Å²) in [6, 6.07) is -0.00877. The zero-order valence-electron chi connectivity index (χ0n) is 8.33. The van der Waals surface area contributed by atoms with E-state index >= 15 is 0 Å². The van der Waals surface area contributed by atoms with Crippen molar-refractivity contribution < 1.29 is 4.79 Å². The second kappa shape index (κ2) is 4.50. The molecule has 1 saturated heterocycles. The Bertz CT molecular complexity index is 412. The van der Waals surface area contributed by atoms with Crippen LogP contribution in [0.3, 0.4) is 0 Å². The van der Waals surface area contributed by atoms with E-state index in [2.05, 4.69) is 26.0 Å². The van der Waals surface area contributed by atoms with Crippen LogP contribution in [0.5, 0.6) is 0 Å². The standard InChI is InChI=1S/C8H11ClN6O/c9-5-3-12-8(15-10)14-7(5)13-4-1-6(16)11-2-4/h3-4H,1-2,10H2,(H,11,16)(H2,12,13,14,15). The number of carbonyl (C=O) groups is 1. The number of carbonyl (C=O) groups excluding carboxylic acids is 1. The normalized spacial score (nSPS) is 19.4. The van der Waals surface area contributed by atoms with Crippen LogP contribution in [0.2, 0.25) is 5.02 Å². The van der Waals surface area contributed by atoms with Crippen LogP contribution in [0.15, 0.2) is 6.20 Å². The third-order valence-electron chi connectivity index (χ3n) is 2.19. The lowest BCUT2D eigenvalue weighted by Gasteiger charge is -2.12. The van der Waals surface area contributed by atoms with Crippen molar-refractivity contribution in [1.29, 1.82) is 0 Å². The predicted molar refractivity (Wildman–Crippen MR) is 59.9 cm³/mol. The first-order valence-electron chi connectivity index (χ1n) is 4.71. The summed E-state index contributed by atoms with van der Waals surface area (Å²) in [5.74, 6) is 5.93. The molecular formula is C8H11ClN6O. The SMILES string of the molecule is NNc1ncc(Cl)c(NC2CNC(=O)C2)n1. The van der Waals surface area contributed by atoms with Gasteiger partial charge in [0.2, 0.25) is 11.9 Å². The van der Waals surface area contributed by atoms with Gasteiger partial charge in [0.1, 0.15) is 5.02 Å². The van der Waals surface area contributed by atoms with Crippen molar-refractivity contribution in [2.45, 2.75) is 12.5 Å². The molecule has 0 saturated carbocycles. The summed E-state index contributed by atoms with van der Waals surface area (Å²) in [6.07, 6.45) is 1.85. The zero-order chi connectivity index (χ0) is 11.5. The Hall–Kier alpha value is -1.60. The molecule has 7 nitrogen and oxygen atoms in total. The number of nitrogens with one attached hydrogen (secondary N) is 3.